The lowest BCUT2D eigenvalue weighted by Crippen LogP contribution is -2.53. The number of amides is 2. The summed E-state index contributed by atoms with van der Waals surface area (Å²) in [5.41, 5.74) is -0.130. The summed E-state index contributed by atoms with van der Waals surface area (Å²) < 4.78 is 2.71. The third-order valence-corrected chi connectivity index (χ3v) is 7.79. The number of fused-ring (bicyclic) bond motifs is 1. The number of carbonyl (C=O) groups excluding carboxylic acids is 2. The Kier molecular flexibility index (Phi) is 6.40. The molecule has 0 bridgehead atoms. The molecule has 2 aliphatic heterocycles. The number of nitrogens with one attached hydrogen (secondary N) is 1. The maximum Gasteiger partial charge on any atom is 0.291 e. The summed E-state index contributed by atoms with van der Waals surface area (Å²) in [4.78, 5) is 43.6. The Morgan fingerprint density at radius 2 is 1.94 bits per heavy atom. The predicted octanol–water partition coefficient (Wildman–Crippen LogP) is 1.85. The van der Waals surface area contributed by atoms with E-state index in [1.54, 1.807) is 16.7 Å². The maximum atomic E-state index is 13.3. The van der Waals surface area contributed by atoms with E-state index in [9.17, 15) is 19.5 Å². The molecule has 1 saturated carbocycles. The van der Waals surface area contributed by atoms with Crippen molar-refractivity contribution < 1.29 is 14.7 Å². The van der Waals surface area contributed by atoms with Crippen molar-refractivity contribution >= 4 is 23.5 Å². The number of carbonyl (C=O) groups is 2. The number of piperidine rings is 1. The topological polar surface area (TPSA) is 112 Å². The Morgan fingerprint density at radius 3 is 2.61 bits per heavy atom. The highest BCUT2D eigenvalue weighted by Gasteiger charge is 2.44. The van der Waals surface area contributed by atoms with Crippen molar-refractivity contribution in [2.75, 3.05) is 26.7 Å². The number of likely N-dealkylation sites (tertiary alicyclic amines) is 2. The fraction of sp³-hybridized carbons (Fsp3) is 0.615. The average molecular weight is 497 g/mol. The van der Waals surface area contributed by atoms with Gasteiger partial charge >= 0.3 is 0 Å². The van der Waals surface area contributed by atoms with Crippen LogP contribution in [0.1, 0.15) is 68.3 Å². The number of aromatic hydroxyl groups is 1. The minimum Gasteiger partial charge on any atom is -0.494 e. The van der Waals surface area contributed by atoms with Crippen LogP contribution in [0.3, 0.4) is 0 Å². The Labute approximate surface area is 210 Å². The molecule has 0 atom stereocenters. The van der Waals surface area contributed by atoms with Gasteiger partial charge in [-0.25, -0.2) is 0 Å². The fourth-order valence-corrected chi connectivity index (χ4v) is 5.64. The van der Waals surface area contributed by atoms with Crippen molar-refractivity contribution in [3.8, 4) is 5.88 Å². The molecule has 3 aliphatic rings. The molecular weight excluding hydrogens is 460 g/mol. The smallest absolute Gasteiger partial charge is 0.291 e. The fourth-order valence-electron chi connectivity index (χ4n) is 5.64. The van der Waals surface area contributed by atoms with E-state index >= 15 is 0 Å². The third-order valence-electron chi connectivity index (χ3n) is 7.79. The van der Waals surface area contributed by atoms with E-state index < -0.39 is 11.5 Å². The zero-order valence-electron chi connectivity index (χ0n) is 21.4. The molecule has 1 aliphatic carbocycles. The van der Waals surface area contributed by atoms with Gasteiger partial charge in [-0.15, -0.1) is 0 Å². The van der Waals surface area contributed by atoms with E-state index in [1.807, 2.05) is 18.7 Å². The first-order chi connectivity index (χ1) is 17.2. The van der Waals surface area contributed by atoms with E-state index in [1.165, 1.54) is 6.20 Å². The molecule has 1 spiro atoms. The zero-order chi connectivity index (χ0) is 25.6. The monoisotopic (exact) mass is 496 g/mol. The highest BCUT2D eigenvalue weighted by atomic mass is 16.3. The van der Waals surface area contributed by atoms with Crippen molar-refractivity contribution in [1.82, 2.24) is 29.3 Å². The summed E-state index contributed by atoms with van der Waals surface area (Å²) in [6, 6.07) is 0.0473. The van der Waals surface area contributed by atoms with E-state index in [4.69, 9.17) is 0 Å². The van der Waals surface area contributed by atoms with Gasteiger partial charge in [-0.1, -0.05) is 13.8 Å². The van der Waals surface area contributed by atoms with Gasteiger partial charge in [0.25, 0.3) is 11.5 Å². The largest absolute Gasteiger partial charge is 0.494 e. The van der Waals surface area contributed by atoms with Gasteiger partial charge < -0.3 is 20.2 Å². The lowest BCUT2D eigenvalue weighted by Gasteiger charge is -2.43. The second-order valence-corrected chi connectivity index (χ2v) is 11.0. The quantitative estimate of drug-likeness (QED) is 0.591. The van der Waals surface area contributed by atoms with Crippen LogP contribution >= 0.6 is 0 Å². The van der Waals surface area contributed by atoms with Gasteiger partial charge in [0.15, 0.2) is 5.56 Å². The van der Waals surface area contributed by atoms with Crippen molar-refractivity contribution in [3.05, 3.63) is 33.8 Å². The molecule has 10 heteroatoms. The lowest BCUT2D eigenvalue weighted by atomic mass is 9.85. The van der Waals surface area contributed by atoms with Crippen molar-refractivity contribution in [2.24, 2.45) is 5.92 Å². The van der Waals surface area contributed by atoms with Gasteiger partial charge in [-0.05, 0) is 57.6 Å². The van der Waals surface area contributed by atoms with Crippen LogP contribution in [-0.4, -0.2) is 79.2 Å². The van der Waals surface area contributed by atoms with Crippen molar-refractivity contribution in [1.29, 1.82) is 0 Å². The van der Waals surface area contributed by atoms with Gasteiger partial charge in [0.1, 0.15) is 5.65 Å². The number of nitrogens with zero attached hydrogens (tertiary/aromatic N) is 5. The molecule has 0 radical (unpaired) electrons. The molecule has 2 saturated heterocycles. The Bertz CT molecular complexity index is 1260. The second kappa shape index (κ2) is 9.38. The van der Waals surface area contributed by atoms with Crippen LogP contribution in [-0.2, 0) is 11.3 Å². The summed E-state index contributed by atoms with van der Waals surface area (Å²) in [6.07, 6.45) is 10.5. The van der Waals surface area contributed by atoms with E-state index in [2.05, 4.69) is 22.4 Å². The first-order valence-electron chi connectivity index (χ1n) is 13.0. The summed E-state index contributed by atoms with van der Waals surface area (Å²) in [6.45, 7) is 7.07. The van der Waals surface area contributed by atoms with Crippen molar-refractivity contribution in [3.63, 3.8) is 0 Å². The standard InChI is InChI=1S/C26H36N6O4/c1-17(2)16-30-23-18(5-8-20(33)31-12-4-9-26(31)10-13-29(3)14-11-26)15-27-32(23)25(36)21(24(30)35)22(34)28-19-6-7-19/h5,8,15,17,19,35H,4,6-7,9-14,16H2,1-3H3,(H,28,34)/b8-5+. The summed E-state index contributed by atoms with van der Waals surface area (Å²) >= 11 is 0. The summed E-state index contributed by atoms with van der Waals surface area (Å²) in [7, 11) is 2.12. The Morgan fingerprint density at radius 1 is 1.22 bits per heavy atom. The second-order valence-electron chi connectivity index (χ2n) is 11.0. The normalized spacial score (nSPS) is 20.3. The predicted molar refractivity (Wildman–Crippen MR) is 136 cm³/mol. The van der Waals surface area contributed by atoms with Gasteiger partial charge in [0.05, 0.1) is 6.20 Å². The van der Waals surface area contributed by atoms with Crippen LogP contribution in [0.2, 0.25) is 0 Å². The molecule has 2 aromatic heterocycles. The molecular formula is C26H36N6O4. The molecule has 0 aromatic carbocycles. The average Bonchev–Trinajstić information content (AvgIpc) is 3.39. The zero-order valence-corrected chi connectivity index (χ0v) is 21.4. The number of hydrogen-bond acceptors (Lipinski definition) is 6. The van der Waals surface area contributed by atoms with Crippen LogP contribution in [0.25, 0.3) is 11.7 Å². The molecule has 4 heterocycles. The van der Waals surface area contributed by atoms with E-state index in [0.717, 1.165) is 62.7 Å². The lowest BCUT2D eigenvalue weighted by molar-refractivity contribution is -0.131. The van der Waals surface area contributed by atoms with Crippen LogP contribution in [0.5, 0.6) is 5.88 Å². The first-order valence-corrected chi connectivity index (χ1v) is 13.0. The van der Waals surface area contributed by atoms with Gasteiger partial charge in [-0.3, -0.25) is 19.0 Å². The first kappa shape index (κ1) is 24.5. The number of hydrogen-bond donors (Lipinski definition) is 2. The molecule has 5 rings (SSSR count). The van der Waals surface area contributed by atoms with Crippen molar-refractivity contribution in [2.45, 2.75) is 70.5 Å². The minimum absolute atomic E-state index is 0.0428. The Hall–Kier alpha value is -3.14. The van der Waals surface area contributed by atoms with E-state index in [-0.39, 0.29) is 34.8 Å². The molecule has 10 nitrogen and oxygen atoms in total. The molecule has 2 N–H and O–H groups in total. The number of rotatable bonds is 6. The maximum absolute atomic E-state index is 13.3. The molecule has 36 heavy (non-hydrogen) atoms. The summed E-state index contributed by atoms with van der Waals surface area (Å²) in [5, 5.41) is 18.1. The minimum atomic E-state index is -0.670. The molecule has 2 aromatic rings. The third kappa shape index (κ3) is 4.42. The Balaban J connectivity index is 1.49. The highest BCUT2D eigenvalue weighted by Crippen LogP contribution is 2.38. The summed E-state index contributed by atoms with van der Waals surface area (Å²) in [5.74, 6) is -0.868. The van der Waals surface area contributed by atoms with Crippen LogP contribution < -0.4 is 10.9 Å². The molecule has 194 valence electrons. The number of aromatic nitrogens is 3. The van der Waals surface area contributed by atoms with Gasteiger partial charge in [0.2, 0.25) is 11.8 Å². The van der Waals surface area contributed by atoms with E-state index in [0.29, 0.717) is 17.8 Å². The van der Waals surface area contributed by atoms with Crippen LogP contribution in [0, 0.1) is 5.92 Å². The molecule has 2 amide bonds. The van der Waals surface area contributed by atoms with Crippen LogP contribution in [0.15, 0.2) is 17.1 Å². The highest BCUT2D eigenvalue weighted by molar-refractivity contribution is 5.97. The van der Waals surface area contributed by atoms with Gasteiger partial charge in [0, 0.05) is 49.4 Å². The van der Waals surface area contributed by atoms with Crippen LogP contribution in [0.4, 0.5) is 0 Å². The SMILES string of the molecule is CC(C)Cn1c(O)c(C(=O)NC2CC2)c(=O)n2ncc(/C=C/C(=O)N3CCCC34CCN(C)CC4)c12. The van der Waals surface area contributed by atoms with Gasteiger partial charge in [-0.2, -0.15) is 9.61 Å². The molecule has 0 unspecified atom stereocenters. The molecule has 3 fully saturated rings.